The largest absolute Gasteiger partial charge is 0.480 e. The van der Waals surface area contributed by atoms with Crippen LogP contribution in [0.15, 0.2) is 12.3 Å². The molecule has 1 aliphatic heterocycles. The van der Waals surface area contributed by atoms with E-state index in [-0.39, 0.29) is 12.1 Å². The van der Waals surface area contributed by atoms with Gasteiger partial charge >= 0.3 is 0 Å². The van der Waals surface area contributed by atoms with E-state index in [1.807, 2.05) is 6.92 Å². The predicted octanol–water partition coefficient (Wildman–Crippen LogP) is 2.32. The lowest BCUT2D eigenvalue weighted by Gasteiger charge is -2.38. The minimum atomic E-state index is -0.203. The number of ether oxygens (including phenoxy) is 1. The quantitative estimate of drug-likeness (QED) is 0.843. The molecule has 1 aliphatic rings. The van der Waals surface area contributed by atoms with E-state index in [0.29, 0.717) is 33.7 Å². The molecule has 2 aromatic heterocycles. The van der Waals surface area contributed by atoms with Gasteiger partial charge in [0.15, 0.2) is 5.82 Å². The van der Waals surface area contributed by atoms with Gasteiger partial charge in [-0.15, -0.1) is 0 Å². The van der Waals surface area contributed by atoms with Gasteiger partial charge in [0.05, 0.1) is 25.1 Å². The number of hydrogen-bond acceptors (Lipinski definition) is 7. The molecule has 26 heavy (non-hydrogen) atoms. The molecule has 0 unspecified atom stereocenters. The predicted molar refractivity (Wildman–Crippen MR) is 102 cm³/mol. The molecule has 0 aliphatic carbocycles. The number of aliphatic hydroxyl groups is 1. The third-order valence-corrected chi connectivity index (χ3v) is 5.15. The summed E-state index contributed by atoms with van der Waals surface area (Å²) in [7, 11) is 1.51. The standard InChI is InChI=1S/C18H24ClN5O2/c1-11-15(12-4-7-21-17(26-3)14(12)19)23-13(10-25)16(22-11)24-8-5-18(2,20)6-9-24/h4,7,25H,5-6,8-10,20H2,1-3H3. The molecule has 8 heteroatoms. The van der Waals surface area contributed by atoms with Gasteiger partial charge in [0.25, 0.3) is 0 Å². The monoisotopic (exact) mass is 377 g/mol. The molecule has 3 rings (SSSR count). The van der Waals surface area contributed by atoms with Crippen molar-refractivity contribution in [3.05, 3.63) is 28.7 Å². The maximum atomic E-state index is 9.86. The van der Waals surface area contributed by atoms with Crippen LogP contribution in [0.25, 0.3) is 11.3 Å². The second-order valence-electron chi connectivity index (χ2n) is 6.91. The number of methoxy groups -OCH3 is 1. The molecule has 0 bridgehead atoms. The van der Waals surface area contributed by atoms with Crippen LogP contribution in [0.1, 0.15) is 31.2 Å². The lowest BCUT2D eigenvalue weighted by molar-refractivity contribution is 0.275. The van der Waals surface area contributed by atoms with Gasteiger partial charge in [-0.1, -0.05) is 11.6 Å². The Morgan fingerprint density at radius 3 is 2.65 bits per heavy atom. The molecule has 0 spiro atoms. The molecule has 3 N–H and O–H groups in total. The van der Waals surface area contributed by atoms with Crippen molar-refractivity contribution in [1.29, 1.82) is 0 Å². The summed E-state index contributed by atoms with van der Waals surface area (Å²) in [6.45, 7) is 5.32. The zero-order valence-corrected chi connectivity index (χ0v) is 16.0. The summed E-state index contributed by atoms with van der Waals surface area (Å²) in [4.78, 5) is 15.6. The summed E-state index contributed by atoms with van der Waals surface area (Å²) < 4.78 is 5.18. The maximum absolute atomic E-state index is 9.86. The van der Waals surface area contributed by atoms with Gasteiger partial charge in [-0.25, -0.2) is 15.0 Å². The van der Waals surface area contributed by atoms with Crippen LogP contribution in [-0.4, -0.2) is 45.8 Å². The number of aliphatic hydroxyl groups excluding tert-OH is 1. The van der Waals surface area contributed by atoms with E-state index in [1.54, 1.807) is 12.3 Å². The van der Waals surface area contributed by atoms with Crippen LogP contribution in [0.4, 0.5) is 5.82 Å². The smallest absolute Gasteiger partial charge is 0.232 e. The second kappa shape index (κ2) is 7.34. The van der Waals surface area contributed by atoms with Crippen molar-refractivity contribution in [2.45, 2.75) is 38.8 Å². The van der Waals surface area contributed by atoms with Gasteiger partial charge in [0, 0.05) is 30.4 Å². The van der Waals surface area contributed by atoms with Crippen molar-refractivity contribution in [2.75, 3.05) is 25.1 Å². The Morgan fingerprint density at radius 2 is 2.04 bits per heavy atom. The van der Waals surface area contributed by atoms with Gasteiger partial charge in [-0.3, -0.25) is 0 Å². The average molecular weight is 378 g/mol. The zero-order chi connectivity index (χ0) is 18.9. The van der Waals surface area contributed by atoms with Gasteiger partial charge in [0.2, 0.25) is 5.88 Å². The second-order valence-corrected chi connectivity index (χ2v) is 7.29. The molecule has 0 aromatic carbocycles. The van der Waals surface area contributed by atoms with Crippen LogP contribution in [0.2, 0.25) is 5.02 Å². The highest BCUT2D eigenvalue weighted by molar-refractivity contribution is 6.34. The van der Waals surface area contributed by atoms with Gasteiger partial charge in [-0.2, -0.15) is 0 Å². The van der Waals surface area contributed by atoms with E-state index in [4.69, 9.17) is 27.1 Å². The van der Waals surface area contributed by atoms with E-state index < -0.39 is 0 Å². The Balaban J connectivity index is 2.01. The minimum absolute atomic E-state index is 0.153. The van der Waals surface area contributed by atoms with Crippen molar-refractivity contribution < 1.29 is 9.84 Å². The highest BCUT2D eigenvalue weighted by Gasteiger charge is 2.28. The van der Waals surface area contributed by atoms with E-state index in [0.717, 1.165) is 31.6 Å². The third kappa shape index (κ3) is 3.60. The van der Waals surface area contributed by atoms with Crippen molar-refractivity contribution in [2.24, 2.45) is 5.73 Å². The Hall–Kier alpha value is -1.96. The van der Waals surface area contributed by atoms with Gasteiger partial charge in [0.1, 0.15) is 10.7 Å². The van der Waals surface area contributed by atoms with Crippen LogP contribution >= 0.6 is 11.6 Å². The zero-order valence-electron chi connectivity index (χ0n) is 15.3. The number of hydrogen-bond donors (Lipinski definition) is 2. The van der Waals surface area contributed by atoms with Crippen LogP contribution in [0, 0.1) is 6.92 Å². The average Bonchev–Trinajstić information content (AvgIpc) is 2.62. The summed E-state index contributed by atoms with van der Waals surface area (Å²) >= 11 is 6.39. The first kappa shape index (κ1) is 18.8. The number of pyridine rings is 1. The third-order valence-electron chi connectivity index (χ3n) is 4.78. The van der Waals surface area contributed by atoms with E-state index >= 15 is 0 Å². The molecule has 2 aromatic rings. The van der Waals surface area contributed by atoms with E-state index in [9.17, 15) is 5.11 Å². The Labute approximate surface area is 158 Å². The maximum Gasteiger partial charge on any atom is 0.232 e. The van der Waals surface area contributed by atoms with Gasteiger partial charge in [-0.05, 0) is 32.8 Å². The highest BCUT2D eigenvalue weighted by atomic mass is 35.5. The lowest BCUT2D eigenvalue weighted by Crippen LogP contribution is -2.48. The number of nitrogens with zero attached hydrogens (tertiary/aromatic N) is 4. The topological polar surface area (TPSA) is 97.4 Å². The number of piperidine rings is 1. The number of rotatable bonds is 4. The Morgan fingerprint density at radius 1 is 1.35 bits per heavy atom. The molecule has 1 fully saturated rings. The normalized spacial score (nSPS) is 16.6. The van der Waals surface area contributed by atoms with Crippen molar-refractivity contribution in [1.82, 2.24) is 15.0 Å². The molecule has 7 nitrogen and oxygen atoms in total. The molecule has 0 amide bonds. The Kier molecular flexibility index (Phi) is 5.32. The van der Waals surface area contributed by atoms with Crippen LogP contribution in [0.5, 0.6) is 5.88 Å². The summed E-state index contributed by atoms with van der Waals surface area (Å²) in [6.07, 6.45) is 3.35. The molecule has 140 valence electrons. The fraction of sp³-hybridized carbons (Fsp3) is 0.500. The fourth-order valence-corrected chi connectivity index (χ4v) is 3.41. The molecule has 1 saturated heterocycles. The molecule has 3 heterocycles. The number of halogens is 1. The first-order valence-electron chi connectivity index (χ1n) is 8.57. The molecular weight excluding hydrogens is 354 g/mol. The number of anilines is 1. The molecule has 0 saturated carbocycles. The highest BCUT2D eigenvalue weighted by Crippen LogP contribution is 2.35. The van der Waals surface area contributed by atoms with Crippen molar-refractivity contribution >= 4 is 17.4 Å². The lowest BCUT2D eigenvalue weighted by atomic mass is 9.91. The summed E-state index contributed by atoms with van der Waals surface area (Å²) in [5.74, 6) is 1.04. The van der Waals surface area contributed by atoms with Gasteiger partial charge < -0.3 is 20.5 Å². The summed E-state index contributed by atoms with van der Waals surface area (Å²) in [6, 6.07) is 1.77. The number of nitrogens with two attached hydrogens (primary N) is 1. The van der Waals surface area contributed by atoms with Crippen LogP contribution in [0.3, 0.4) is 0 Å². The molecule has 0 radical (unpaired) electrons. The number of aromatic nitrogens is 3. The molecule has 0 atom stereocenters. The van der Waals surface area contributed by atoms with Crippen molar-refractivity contribution in [3.8, 4) is 17.1 Å². The molecular formula is C18H24ClN5O2. The van der Waals surface area contributed by atoms with Crippen molar-refractivity contribution in [3.63, 3.8) is 0 Å². The SMILES string of the molecule is COc1nccc(-c2nc(CO)c(N3CCC(C)(N)CC3)nc2C)c1Cl. The van der Waals surface area contributed by atoms with Crippen LogP contribution < -0.4 is 15.4 Å². The van der Waals surface area contributed by atoms with E-state index in [2.05, 4.69) is 21.8 Å². The fourth-order valence-electron chi connectivity index (χ4n) is 3.14. The first-order chi connectivity index (χ1) is 12.4. The first-order valence-corrected chi connectivity index (χ1v) is 8.95. The Bertz CT molecular complexity index is 802. The van der Waals surface area contributed by atoms with Crippen LogP contribution in [-0.2, 0) is 6.61 Å². The van der Waals surface area contributed by atoms with E-state index in [1.165, 1.54) is 7.11 Å². The summed E-state index contributed by atoms with van der Waals surface area (Å²) in [5.41, 5.74) is 8.61. The minimum Gasteiger partial charge on any atom is -0.480 e. The number of aryl methyl sites for hydroxylation is 1. The summed E-state index contributed by atoms with van der Waals surface area (Å²) in [5, 5.41) is 10.2.